The van der Waals surface area contributed by atoms with Gasteiger partial charge in [0.25, 0.3) is 5.91 Å². The number of hydrogen-bond donors (Lipinski definition) is 1. The van der Waals surface area contributed by atoms with Crippen molar-refractivity contribution in [3.63, 3.8) is 0 Å². The fraction of sp³-hybridized carbons (Fsp3) is 0.391. The van der Waals surface area contributed by atoms with Crippen molar-refractivity contribution in [2.45, 2.75) is 25.0 Å². The van der Waals surface area contributed by atoms with Crippen LogP contribution >= 0.6 is 11.8 Å². The Hall–Kier alpha value is -2.34. The van der Waals surface area contributed by atoms with E-state index >= 15 is 0 Å². The molecule has 1 heterocycles. The lowest BCUT2D eigenvalue weighted by Crippen LogP contribution is -2.43. The summed E-state index contributed by atoms with van der Waals surface area (Å²) >= 11 is 1.75. The van der Waals surface area contributed by atoms with E-state index < -0.39 is 0 Å². The molecule has 1 N–H and O–H groups in total. The van der Waals surface area contributed by atoms with Gasteiger partial charge in [-0.3, -0.25) is 9.59 Å². The molecule has 1 saturated heterocycles. The van der Waals surface area contributed by atoms with Crippen LogP contribution in [0.15, 0.2) is 48.5 Å². The van der Waals surface area contributed by atoms with Crippen LogP contribution in [0.25, 0.3) is 0 Å². The minimum atomic E-state index is -0.241. The Balaban J connectivity index is 1.44. The highest BCUT2D eigenvalue weighted by Gasteiger charge is 2.27. The average molecular weight is 415 g/mol. The van der Waals surface area contributed by atoms with Gasteiger partial charge >= 0.3 is 0 Å². The molecular weight excluding hydrogens is 387 g/mol. The highest BCUT2D eigenvalue weighted by Crippen LogP contribution is 2.20. The number of amides is 2. The van der Waals surface area contributed by atoms with Crippen LogP contribution in [0, 0.1) is 11.7 Å². The zero-order chi connectivity index (χ0) is 20.6. The Morgan fingerprint density at radius 2 is 1.79 bits per heavy atom. The maximum absolute atomic E-state index is 13.6. The first-order chi connectivity index (χ1) is 14.1. The largest absolute Gasteiger partial charge is 0.356 e. The summed E-state index contributed by atoms with van der Waals surface area (Å²) in [5.41, 5.74) is 2.51. The predicted molar refractivity (Wildman–Crippen MR) is 115 cm³/mol. The van der Waals surface area contributed by atoms with E-state index in [9.17, 15) is 14.0 Å². The average Bonchev–Trinajstić information content (AvgIpc) is 2.75. The van der Waals surface area contributed by atoms with Crippen molar-refractivity contribution in [1.29, 1.82) is 0 Å². The number of thioether (sulfide) groups is 1. The van der Waals surface area contributed by atoms with E-state index in [2.05, 4.69) is 11.6 Å². The molecule has 0 unspecified atom stereocenters. The smallest absolute Gasteiger partial charge is 0.253 e. The number of hydrogen-bond acceptors (Lipinski definition) is 3. The molecule has 0 atom stereocenters. The van der Waals surface area contributed by atoms with Crippen molar-refractivity contribution in [2.24, 2.45) is 5.92 Å². The van der Waals surface area contributed by atoms with Gasteiger partial charge in [0.1, 0.15) is 5.82 Å². The standard InChI is InChI=1S/C23H27FN2O2S/c1-29-16-17-6-8-20(9-7-17)23(28)26-14-11-19(12-15-26)22(27)25-13-10-18-4-2-3-5-21(18)24/h2-9,19H,10-16H2,1H3,(H,25,27). The van der Waals surface area contributed by atoms with Crippen molar-refractivity contribution < 1.29 is 14.0 Å². The van der Waals surface area contributed by atoms with Crippen LogP contribution in [0.1, 0.15) is 34.3 Å². The van der Waals surface area contributed by atoms with Gasteiger partial charge in [0.2, 0.25) is 5.91 Å². The number of carbonyl (C=O) groups is 2. The third-order valence-electron chi connectivity index (χ3n) is 5.32. The normalized spacial score (nSPS) is 14.6. The van der Waals surface area contributed by atoms with Crippen molar-refractivity contribution in [2.75, 3.05) is 25.9 Å². The maximum Gasteiger partial charge on any atom is 0.253 e. The summed E-state index contributed by atoms with van der Waals surface area (Å²) in [7, 11) is 0. The van der Waals surface area contributed by atoms with E-state index in [4.69, 9.17) is 0 Å². The summed E-state index contributed by atoms with van der Waals surface area (Å²) < 4.78 is 13.6. The number of rotatable bonds is 7. The van der Waals surface area contributed by atoms with E-state index in [0.717, 1.165) is 5.75 Å². The van der Waals surface area contributed by atoms with Crippen LogP contribution in [0.3, 0.4) is 0 Å². The minimum absolute atomic E-state index is 0.00476. The Labute approximate surface area is 175 Å². The molecule has 154 valence electrons. The summed E-state index contributed by atoms with van der Waals surface area (Å²) in [6, 6.07) is 14.4. The van der Waals surface area contributed by atoms with Crippen molar-refractivity contribution in [3.8, 4) is 0 Å². The van der Waals surface area contributed by atoms with Crippen molar-refractivity contribution in [1.82, 2.24) is 10.2 Å². The third kappa shape index (κ3) is 5.82. The summed E-state index contributed by atoms with van der Waals surface area (Å²) in [5.74, 6) is 0.624. The molecule has 2 aromatic carbocycles. The second-order valence-corrected chi connectivity index (χ2v) is 8.19. The molecule has 0 spiro atoms. The SMILES string of the molecule is CSCc1ccc(C(=O)N2CCC(C(=O)NCCc3ccccc3F)CC2)cc1. The van der Waals surface area contributed by atoms with Gasteiger partial charge in [-0.2, -0.15) is 11.8 Å². The van der Waals surface area contributed by atoms with Crippen LogP contribution in [0.4, 0.5) is 4.39 Å². The molecule has 1 fully saturated rings. The Morgan fingerprint density at radius 3 is 2.45 bits per heavy atom. The molecule has 1 aliphatic heterocycles. The zero-order valence-electron chi connectivity index (χ0n) is 16.7. The molecule has 3 rings (SSSR count). The zero-order valence-corrected chi connectivity index (χ0v) is 17.5. The number of nitrogens with one attached hydrogen (secondary N) is 1. The second-order valence-electron chi connectivity index (χ2n) is 7.33. The molecule has 6 heteroatoms. The predicted octanol–water partition coefficient (Wildman–Crippen LogP) is 3.90. The van der Waals surface area contributed by atoms with E-state index in [-0.39, 0.29) is 23.5 Å². The molecule has 1 aliphatic rings. The number of piperidine rings is 1. The van der Waals surface area contributed by atoms with E-state index in [0.29, 0.717) is 50.0 Å². The second kappa shape index (κ2) is 10.4. The van der Waals surface area contributed by atoms with Gasteiger partial charge in [-0.15, -0.1) is 0 Å². The van der Waals surface area contributed by atoms with Crippen LogP contribution in [0.5, 0.6) is 0 Å². The summed E-state index contributed by atoms with van der Waals surface area (Å²) in [6.45, 7) is 1.58. The van der Waals surface area contributed by atoms with Crippen molar-refractivity contribution >= 4 is 23.6 Å². The van der Waals surface area contributed by atoms with Crippen LogP contribution < -0.4 is 5.32 Å². The minimum Gasteiger partial charge on any atom is -0.356 e. The summed E-state index contributed by atoms with van der Waals surface area (Å²) in [6.07, 6.45) is 3.84. The van der Waals surface area contributed by atoms with Crippen LogP contribution in [-0.4, -0.2) is 42.6 Å². The molecule has 2 amide bonds. The van der Waals surface area contributed by atoms with Crippen LogP contribution in [0.2, 0.25) is 0 Å². The monoisotopic (exact) mass is 414 g/mol. The Morgan fingerprint density at radius 1 is 1.10 bits per heavy atom. The highest BCUT2D eigenvalue weighted by atomic mass is 32.2. The van der Waals surface area contributed by atoms with Gasteiger partial charge in [0.15, 0.2) is 0 Å². The molecule has 4 nitrogen and oxygen atoms in total. The van der Waals surface area contributed by atoms with Crippen LogP contribution in [-0.2, 0) is 17.0 Å². The van der Waals surface area contributed by atoms with E-state index in [1.165, 1.54) is 11.6 Å². The lowest BCUT2D eigenvalue weighted by molar-refractivity contribution is -0.126. The quantitative estimate of drug-likeness (QED) is 0.748. The van der Waals surface area contributed by atoms with Gasteiger partial charge in [-0.25, -0.2) is 4.39 Å². The molecular formula is C23H27FN2O2S. The lowest BCUT2D eigenvalue weighted by atomic mass is 9.95. The van der Waals surface area contributed by atoms with Gasteiger partial charge < -0.3 is 10.2 Å². The molecule has 0 bridgehead atoms. The summed E-state index contributed by atoms with van der Waals surface area (Å²) in [4.78, 5) is 26.9. The first kappa shape index (κ1) is 21.4. The molecule has 29 heavy (non-hydrogen) atoms. The van der Waals surface area contributed by atoms with E-state index in [1.807, 2.05) is 29.2 Å². The fourth-order valence-electron chi connectivity index (χ4n) is 3.60. The molecule has 0 saturated carbocycles. The fourth-order valence-corrected chi connectivity index (χ4v) is 4.13. The lowest BCUT2D eigenvalue weighted by Gasteiger charge is -2.31. The molecule has 0 radical (unpaired) electrons. The van der Waals surface area contributed by atoms with Gasteiger partial charge in [0, 0.05) is 36.9 Å². The first-order valence-corrected chi connectivity index (χ1v) is 11.4. The number of nitrogens with zero attached hydrogens (tertiary/aromatic N) is 1. The highest BCUT2D eigenvalue weighted by molar-refractivity contribution is 7.97. The van der Waals surface area contributed by atoms with Crippen molar-refractivity contribution in [3.05, 3.63) is 71.0 Å². The summed E-state index contributed by atoms with van der Waals surface area (Å²) in [5, 5.41) is 2.91. The molecule has 0 aromatic heterocycles. The number of likely N-dealkylation sites (tertiary alicyclic amines) is 1. The van der Waals surface area contributed by atoms with Gasteiger partial charge in [-0.05, 0) is 54.8 Å². The third-order valence-corrected chi connectivity index (χ3v) is 5.94. The van der Waals surface area contributed by atoms with Gasteiger partial charge in [-0.1, -0.05) is 30.3 Å². The molecule has 0 aliphatic carbocycles. The topological polar surface area (TPSA) is 49.4 Å². The van der Waals surface area contributed by atoms with Gasteiger partial charge in [0.05, 0.1) is 0 Å². The number of carbonyl (C=O) groups excluding carboxylic acids is 2. The first-order valence-electron chi connectivity index (χ1n) is 9.96. The Kier molecular flexibility index (Phi) is 7.69. The van der Waals surface area contributed by atoms with E-state index in [1.54, 1.807) is 30.0 Å². The number of benzene rings is 2. The number of halogens is 1. The molecule has 2 aromatic rings. The Bertz CT molecular complexity index is 833. The maximum atomic E-state index is 13.6.